The van der Waals surface area contributed by atoms with Gasteiger partial charge in [-0.25, -0.2) is 4.39 Å². The van der Waals surface area contributed by atoms with Crippen LogP contribution < -0.4 is 19.9 Å². The maximum Gasteiger partial charge on any atom is 0.258 e. The number of carbonyl (C=O) groups excluding carboxylic acids is 2. The Morgan fingerprint density at radius 1 is 1.23 bits per heavy atom. The maximum absolute atomic E-state index is 14.9. The maximum atomic E-state index is 14.9. The first kappa shape index (κ1) is 21.3. The van der Waals surface area contributed by atoms with Crippen LogP contribution in [0.4, 0.5) is 15.8 Å². The van der Waals surface area contributed by atoms with E-state index in [0.717, 1.165) is 25.1 Å². The third-order valence-electron chi connectivity index (χ3n) is 6.22. The standard InChI is InChI=1S/C24H28FN3O3/c1-15(29)16(2)31-20-5-6-21-17(12-20)8-11-28(24(21)30)19-4-7-23(22(25)13-19)27-10-9-18(14-27)26-3/h4-7,12-13,16,18,26H,8-11,14H2,1-3H3/t16?,18-/m1/s1. The van der Waals surface area contributed by atoms with E-state index in [0.29, 0.717) is 41.7 Å². The molecule has 2 aliphatic rings. The first-order chi connectivity index (χ1) is 14.9. The van der Waals surface area contributed by atoms with Gasteiger partial charge in [0.15, 0.2) is 11.9 Å². The number of ketones is 1. The lowest BCUT2D eigenvalue weighted by Gasteiger charge is -2.30. The molecule has 2 aromatic rings. The van der Waals surface area contributed by atoms with Gasteiger partial charge in [-0.15, -0.1) is 0 Å². The van der Waals surface area contributed by atoms with Crippen LogP contribution in [0.3, 0.4) is 0 Å². The van der Waals surface area contributed by atoms with E-state index in [2.05, 4.69) is 5.32 Å². The van der Waals surface area contributed by atoms with Crippen molar-refractivity contribution in [1.82, 2.24) is 5.32 Å². The second-order valence-electron chi connectivity index (χ2n) is 8.25. The van der Waals surface area contributed by atoms with Crippen molar-refractivity contribution in [1.29, 1.82) is 0 Å². The first-order valence-electron chi connectivity index (χ1n) is 10.7. The molecule has 4 rings (SSSR count). The molecule has 1 unspecified atom stereocenters. The number of hydrogen-bond acceptors (Lipinski definition) is 5. The van der Waals surface area contributed by atoms with Crippen LogP contribution in [0, 0.1) is 5.82 Å². The molecule has 1 amide bonds. The van der Waals surface area contributed by atoms with Gasteiger partial charge in [-0.3, -0.25) is 9.59 Å². The van der Waals surface area contributed by atoms with E-state index in [4.69, 9.17) is 4.74 Å². The van der Waals surface area contributed by atoms with E-state index < -0.39 is 6.10 Å². The van der Waals surface area contributed by atoms with Crippen LogP contribution in [0.2, 0.25) is 0 Å². The molecule has 2 heterocycles. The molecule has 2 aromatic carbocycles. The molecule has 0 saturated carbocycles. The largest absolute Gasteiger partial charge is 0.483 e. The van der Waals surface area contributed by atoms with Crippen molar-refractivity contribution in [3.63, 3.8) is 0 Å². The van der Waals surface area contributed by atoms with Gasteiger partial charge in [0.25, 0.3) is 5.91 Å². The monoisotopic (exact) mass is 425 g/mol. The summed E-state index contributed by atoms with van der Waals surface area (Å²) in [4.78, 5) is 28.2. The lowest BCUT2D eigenvalue weighted by atomic mass is 9.98. The predicted molar refractivity (Wildman–Crippen MR) is 119 cm³/mol. The molecule has 0 spiro atoms. The highest BCUT2D eigenvalue weighted by Crippen LogP contribution is 2.31. The average molecular weight is 426 g/mol. The number of Topliss-reactive ketones (excluding diaryl/α,β-unsaturated/α-hetero) is 1. The summed E-state index contributed by atoms with van der Waals surface area (Å²) in [5.41, 5.74) is 2.59. The van der Waals surface area contributed by atoms with Crippen LogP contribution in [0.25, 0.3) is 0 Å². The molecule has 0 aromatic heterocycles. The normalized spacial score (nSPS) is 19.4. The summed E-state index contributed by atoms with van der Waals surface area (Å²) >= 11 is 0. The Bertz CT molecular complexity index is 1010. The van der Waals surface area contributed by atoms with Gasteiger partial charge in [0.05, 0.1) is 5.69 Å². The molecule has 0 bridgehead atoms. The number of nitrogens with zero attached hydrogens (tertiary/aromatic N) is 2. The van der Waals surface area contributed by atoms with Gasteiger partial charge in [-0.2, -0.15) is 0 Å². The number of ether oxygens (including phenoxy) is 1. The number of halogens is 1. The highest BCUT2D eigenvalue weighted by molar-refractivity contribution is 6.08. The molecule has 6 nitrogen and oxygen atoms in total. The molecule has 0 aliphatic carbocycles. The van der Waals surface area contributed by atoms with Gasteiger partial charge >= 0.3 is 0 Å². The Morgan fingerprint density at radius 2 is 2.03 bits per heavy atom. The van der Waals surface area contributed by atoms with E-state index >= 15 is 0 Å². The van der Waals surface area contributed by atoms with Crippen LogP contribution in [0.1, 0.15) is 36.2 Å². The minimum atomic E-state index is -0.533. The summed E-state index contributed by atoms with van der Waals surface area (Å²) in [6.45, 7) is 5.23. The second-order valence-corrected chi connectivity index (χ2v) is 8.25. The fourth-order valence-electron chi connectivity index (χ4n) is 4.21. The van der Waals surface area contributed by atoms with E-state index in [1.165, 1.54) is 13.0 Å². The van der Waals surface area contributed by atoms with Gasteiger partial charge in [0.2, 0.25) is 0 Å². The van der Waals surface area contributed by atoms with Gasteiger partial charge in [0, 0.05) is 36.9 Å². The lowest BCUT2D eigenvalue weighted by molar-refractivity contribution is -0.122. The highest BCUT2D eigenvalue weighted by Gasteiger charge is 2.28. The Labute approximate surface area is 182 Å². The molecule has 164 valence electrons. The van der Waals surface area contributed by atoms with Crippen molar-refractivity contribution in [2.45, 2.75) is 38.8 Å². The van der Waals surface area contributed by atoms with Gasteiger partial charge < -0.3 is 19.9 Å². The van der Waals surface area contributed by atoms with Crippen molar-refractivity contribution in [2.24, 2.45) is 0 Å². The number of benzene rings is 2. The van der Waals surface area contributed by atoms with E-state index in [9.17, 15) is 14.0 Å². The number of anilines is 2. The lowest BCUT2D eigenvalue weighted by Crippen LogP contribution is -2.37. The summed E-state index contributed by atoms with van der Waals surface area (Å²) in [5.74, 6) is 0.0511. The molecule has 1 N–H and O–H groups in total. The van der Waals surface area contributed by atoms with Crippen LogP contribution in [-0.4, -0.2) is 50.5 Å². The Kier molecular flexibility index (Phi) is 5.96. The Balaban J connectivity index is 1.51. The summed E-state index contributed by atoms with van der Waals surface area (Å²) in [6, 6.07) is 10.7. The van der Waals surface area contributed by atoms with Gasteiger partial charge in [-0.1, -0.05) is 0 Å². The summed E-state index contributed by atoms with van der Waals surface area (Å²) < 4.78 is 20.6. The third kappa shape index (κ3) is 4.28. The number of amides is 1. The number of fused-ring (bicyclic) bond motifs is 1. The van der Waals surface area contributed by atoms with Crippen molar-refractivity contribution in [3.05, 3.63) is 53.3 Å². The van der Waals surface area contributed by atoms with Crippen LogP contribution >= 0.6 is 0 Å². The zero-order valence-corrected chi connectivity index (χ0v) is 18.2. The predicted octanol–water partition coefficient (Wildman–Crippen LogP) is 3.18. The highest BCUT2D eigenvalue weighted by atomic mass is 19.1. The second kappa shape index (κ2) is 8.67. The summed E-state index contributed by atoms with van der Waals surface area (Å²) in [5, 5.41) is 3.24. The van der Waals surface area contributed by atoms with Crippen molar-refractivity contribution in [3.8, 4) is 5.75 Å². The molecular formula is C24H28FN3O3. The molecule has 31 heavy (non-hydrogen) atoms. The Morgan fingerprint density at radius 3 is 2.71 bits per heavy atom. The molecule has 0 radical (unpaired) electrons. The number of rotatable bonds is 6. The quantitative estimate of drug-likeness (QED) is 0.770. The van der Waals surface area contributed by atoms with Crippen molar-refractivity contribution in [2.75, 3.05) is 36.5 Å². The molecule has 1 saturated heterocycles. The van der Waals surface area contributed by atoms with Crippen LogP contribution in [0.5, 0.6) is 5.75 Å². The van der Waals surface area contributed by atoms with Gasteiger partial charge in [-0.05, 0) is 75.7 Å². The van der Waals surface area contributed by atoms with Gasteiger partial charge in [0.1, 0.15) is 11.6 Å². The topological polar surface area (TPSA) is 61.9 Å². The number of carbonyl (C=O) groups is 2. The molecule has 1 fully saturated rings. The SMILES string of the molecule is CN[C@@H]1CCN(c2ccc(N3CCc4cc(OC(C)C(C)=O)ccc4C3=O)cc2F)C1. The third-order valence-corrected chi connectivity index (χ3v) is 6.22. The Hall–Kier alpha value is -2.93. The summed E-state index contributed by atoms with van der Waals surface area (Å²) in [6.07, 6.45) is 1.08. The van der Waals surface area contributed by atoms with Crippen LogP contribution in [0.15, 0.2) is 36.4 Å². The zero-order chi connectivity index (χ0) is 22.1. The van der Waals surface area contributed by atoms with E-state index in [1.54, 1.807) is 30.0 Å². The fourth-order valence-corrected chi connectivity index (χ4v) is 4.21. The molecule has 2 atom stereocenters. The average Bonchev–Trinajstić information content (AvgIpc) is 3.23. The van der Waals surface area contributed by atoms with Crippen molar-refractivity contribution >= 4 is 23.1 Å². The van der Waals surface area contributed by atoms with E-state index in [-0.39, 0.29) is 17.5 Å². The van der Waals surface area contributed by atoms with E-state index in [1.807, 2.05) is 24.1 Å². The number of likely N-dealkylation sites (N-methyl/N-ethyl adjacent to an activating group) is 1. The molecular weight excluding hydrogens is 397 g/mol. The van der Waals surface area contributed by atoms with Crippen molar-refractivity contribution < 1.29 is 18.7 Å². The first-order valence-corrected chi connectivity index (χ1v) is 10.7. The van der Waals surface area contributed by atoms with Crippen LogP contribution in [-0.2, 0) is 11.2 Å². The minimum Gasteiger partial charge on any atom is -0.483 e. The number of nitrogens with one attached hydrogen (secondary N) is 1. The minimum absolute atomic E-state index is 0.0548. The zero-order valence-electron chi connectivity index (χ0n) is 18.2. The molecule has 2 aliphatic heterocycles. The summed E-state index contributed by atoms with van der Waals surface area (Å²) in [7, 11) is 1.92. The fraction of sp³-hybridized carbons (Fsp3) is 0.417. The number of hydrogen-bond donors (Lipinski definition) is 1. The molecule has 7 heteroatoms. The smallest absolute Gasteiger partial charge is 0.258 e.